The zero-order valence-corrected chi connectivity index (χ0v) is 12.1. The van der Waals surface area contributed by atoms with E-state index in [0.717, 1.165) is 10.0 Å². The van der Waals surface area contributed by atoms with Crippen LogP contribution in [0.1, 0.15) is 24.9 Å². The highest BCUT2D eigenvalue weighted by Gasteiger charge is 2.15. The third-order valence-corrected chi connectivity index (χ3v) is 3.45. The molecule has 0 heterocycles. The Balaban J connectivity index is 2.82. The Hall–Kier alpha value is -0.130. The molecule has 0 saturated heterocycles. The molecule has 1 aromatic carbocycles. The van der Waals surface area contributed by atoms with Crippen molar-refractivity contribution in [2.75, 3.05) is 13.2 Å². The minimum Gasteiger partial charge on any atom is -0.396 e. The monoisotopic (exact) mass is 320 g/mol. The molecule has 1 rings (SSSR count). The average Bonchev–Trinajstić information content (AvgIpc) is 2.30. The summed E-state index contributed by atoms with van der Waals surface area (Å²) in [5.74, 6) is 0. The summed E-state index contributed by atoms with van der Waals surface area (Å²) in [6, 6.07) is 5.92. The molecule has 0 radical (unpaired) electrons. The SMILES string of the molecule is CC(CCO)NC(CN)c1cc(Br)ccc1Cl. The van der Waals surface area contributed by atoms with Gasteiger partial charge in [0.25, 0.3) is 0 Å². The van der Waals surface area contributed by atoms with Crippen LogP contribution in [0.4, 0.5) is 0 Å². The van der Waals surface area contributed by atoms with Gasteiger partial charge in [-0.25, -0.2) is 0 Å². The molecule has 0 amide bonds. The number of benzene rings is 1. The number of nitrogens with two attached hydrogens (primary N) is 1. The van der Waals surface area contributed by atoms with Crippen molar-refractivity contribution in [3.05, 3.63) is 33.3 Å². The van der Waals surface area contributed by atoms with Crippen LogP contribution in [0, 0.1) is 0 Å². The maximum atomic E-state index is 8.89. The first-order chi connectivity index (χ1) is 8.08. The number of hydrogen-bond acceptors (Lipinski definition) is 3. The Morgan fingerprint density at radius 1 is 1.53 bits per heavy atom. The molecule has 1 aromatic rings. The normalized spacial score (nSPS) is 14.6. The van der Waals surface area contributed by atoms with Crippen LogP contribution in [-0.4, -0.2) is 24.3 Å². The van der Waals surface area contributed by atoms with Crippen LogP contribution >= 0.6 is 27.5 Å². The van der Waals surface area contributed by atoms with Crippen molar-refractivity contribution in [3.63, 3.8) is 0 Å². The van der Waals surface area contributed by atoms with Crippen LogP contribution < -0.4 is 11.1 Å². The lowest BCUT2D eigenvalue weighted by atomic mass is 10.1. The summed E-state index contributed by atoms with van der Waals surface area (Å²) in [5.41, 5.74) is 6.75. The summed E-state index contributed by atoms with van der Waals surface area (Å²) in [5, 5.41) is 12.9. The number of nitrogens with one attached hydrogen (secondary N) is 1. The average molecular weight is 322 g/mol. The van der Waals surface area contributed by atoms with E-state index in [-0.39, 0.29) is 18.7 Å². The van der Waals surface area contributed by atoms with Crippen molar-refractivity contribution in [1.82, 2.24) is 5.32 Å². The van der Waals surface area contributed by atoms with E-state index >= 15 is 0 Å². The summed E-state index contributed by atoms with van der Waals surface area (Å²) in [4.78, 5) is 0. The summed E-state index contributed by atoms with van der Waals surface area (Å²) in [6.45, 7) is 2.65. The molecule has 4 N–H and O–H groups in total. The molecule has 0 aliphatic heterocycles. The highest BCUT2D eigenvalue weighted by molar-refractivity contribution is 9.10. The molecule has 0 bridgehead atoms. The van der Waals surface area contributed by atoms with Crippen molar-refractivity contribution in [2.45, 2.75) is 25.4 Å². The Bertz CT molecular complexity index is 362. The molecule has 0 aliphatic rings. The summed E-state index contributed by atoms with van der Waals surface area (Å²) < 4.78 is 0.979. The summed E-state index contributed by atoms with van der Waals surface area (Å²) in [6.07, 6.45) is 0.697. The summed E-state index contributed by atoms with van der Waals surface area (Å²) in [7, 11) is 0. The number of rotatable bonds is 6. The highest BCUT2D eigenvalue weighted by atomic mass is 79.9. The second-order valence-electron chi connectivity index (χ2n) is 4.03. The third kappa shape index (κ3) is 4.56. The van der Waals surface area contributed by atoms with Gasteiger partial charge in [0.1, 0.15) is 0 Å². The lowest BCUT2D eigenvalue weighted by Crippen LogP contribution is -2.35. The number of aliphatic hydroxyl groups excluding tert-OH is 1. The predicted molar refractivity (Wildman–Crippen MR) is 75.2 cm³/mol. The van der Waals surface area contributed by atoms with Crippen LogP contribution in [-0.2, 0) is 0 Å². The number of aliphatic hydroxyl groups is 1. The molecule has 2 atom stereocenters. The maximum absolute atomic E-state index is 8.89. The van der Waals surface area contributed by atoms with E-state index in [1.807, 2.05) is 25.1 Å². The van der Waals surface area contributed by atoms with Crippen molar-refractivity contribution < 1.29 is 5.11 Å². The van der Waals surface area contributed by atoms with E-state index in [1.54, 1.807) is 0 Å². The van der Waals surface area contributed by atoms with Gasteiger partial charge in [0, 0.05) is 34.7 Å². The van der Waals surface area contributed by atoms with Crippen LogP contribution in [0.15, 0.2) is 22.7 Å². The maximum Gasteiger partial charge on any atom is 0.0461 e. The van der Waals surface area contributed by atoms with Gasteiger partial charge >= 0.3 is 0 Å². The molecule has 0 spiro atoms. The van der Waals surface area contributed by atoms with E-state index in [2.05, 4.69) is 21.2 Å². The Kier molecular flexibility index (Phi) is 6.44. The first-order valence-corrected chi connectivity index (χ1v) is 6.77. The van der Waals surface area contributed by atoms with E-state index in [1.165, 1.54) is 0 Å². The quantitative estimate of drug-likeness (QED) is 0.754. The van der Waals surface area contributed by atoms with E-state index in [0.29, 0.717) is 18.0 Å². The minimum absolute atomic E-state index is 0.00144. The van der Waals surface area contributed by atoms with Crippen molar-refractivity contribution >= 4 is 27.5 Å². The molecule has 0 fully saturated rings. The Morgan fingerprint density at radius 3 is 2.82 bits per heavy atom. The van der Waals surface area contributed by atoms with Gasteiger partial charge in [0.2, 0.25) is 0 Å². The molecule has 0 saturated carbocycles. The lowest BCUT2D eigenvalue weighted by Gasteiger charge is -2.23. The van der Waals surface area contributed by atoms with E-state index < -0.39 is 0 Å². The Morgan fingerprint density at radius 2 is 2.24 bits per heavy atom. The van der Waals surface area contributed by atoms with Gasteiger partial charge in [-0.05, 0) is 37.1 Å². The molecule has 2 unspecified atom stereocenters. The zero-order valence-electron chi connectivity index (χ0n) is 9.79. The smallest absolute Gasteiger partial charge is 0.0461 e. The van der Waals surface area contributed by atoms with Gasteiger partial charge in [0.05, 0.1) is 0 Å². The third-order valence-electron chi connectivity index (χ3n) is 2.62. The second-order valence-corrected chi connectivity index (χ2v) is 5.36. The molecule has 3 nitrogen and oxygen atoms in total. The molecule has 17 heavy (non-hydrogen) atoms. The fourth-order valence-electron chi connectivity index (χ4n) is 1.69. The summed E-state index contributed by atoms with van der Waals surface area (Å²) >= 11 is 9.59. The topological polar surface area (TPSA) is 58.3 Å². The van der Waals surface area contributed by atoms with Gasteiger partial charge in [-0.3, -0.25) is 0 Å². The number of hydrogen-bond donors (Lipinski definition) is 3. The van der Waals surface area contributed by atoms with Crippen molar-refractivity contribution in [2.24, 2.45) is 5.73 Å². The van der Waals surface area contributed by atoms with Gasteiger partial charge in [0.15, 0.2) is 0 Å². The highest BCUT2D eigenvalue weighted by Crippen LogP contribution is 2.26. The number of halogens is 2. The standard InChI is InChI=1S/C12H18BrClN2O/c1-8(4-5-17)16-12(7-15)10-6-9(13)2-3-11(10)14/h2-3,6,8,12,16-17H,4-5,7,15H2,1H3. The molecular weight excluding hydrogens is 304 g/mol. The second kappa shape index (κ2) is 7.34. The van der Waals surface area contributed by atoms with Gasteiger partial charge in [-0.2, -0.15) is 0 Å². The minimum atomic E-state index is 0.00144. The van der Waals surface area contributed by atoms with Gasteiger partial charge < -0.3 is 16.2 Å². The fraction of sp³-hybridized carbons (Fsp3) is 0.500. The van der Waals surface area contributed by atoms with Crippen LogP contribution in [0.5, 0.6) is 0 Å². The van der Waals surface area contributed by atoms with Gasteiger partial charge in [-0.1, -0.05) is 27.5 Å². The molecular formula is C12H18BrClN2O. The molecule has 5 heteroatoms. The largest absolute Gasteiger partial charge is 0.396 e. The Labute approximate surface area is 115 Å². The van der Waals surface area contributed by atoms with Gasteiger partial charge in [-0.15, -0.1) is 0 Å². The predicted octanol–water partition coefficient (Wildman–Crippen LogP) is 2.46. The molecule has 0 aliphatic carbocycles. The van der Waals surface area contributed by atoms with Crippen LogP contribution in [0.3, 0.4) is 0 Å². The molecule has 0 aromatic heterocycles. The lowest BCUT2D eigenvalue weighted by molar-refractivity contribution is 0.263. The molecule has 96 valence electrons. The van der Waals surface area contributed by atoms with Crippen LogP contribution in [0.25, 0.3) is 0 Å². The first-order valence-electron chi connectivity index (χ1n) is 5.60. The van der Waals surface area contributed by atoms with Crippen molar-refractivity contribution in [3.8, 4) is 0 Å². The van der Waals surface area contributed by atoms with E-state index in [4.69, 9.17) is 22.4 Å². The zero-order chi connectivity index (χ0) is 12.8. The van der Waals surface area contributed by atoms with E-state index in [9.17, 15) is 0 Å². The van der Waals surface area contributed by atoms with Crippen LogP contribution in [0.2, 0.25) is 5.02 Å². The first kappa shape index (κ1) is 14.9. The fourth-order valence-corrected chi connectivity index (χ4v) is 2.31. The van der Waals surface area contributed by atoms with Crippen molar-refractivity contribution in [1.29, 1.82) is 0 Å².